The molecule has 0 fully saturated rings. The molecule has 2 N–H and O–H groups in total. The lowest BCUT2D eigenvalue weighted by Gasteiger charge is -2.10. The predicted molar refractivity (Wildman–Crippen MR) is 83.4 cm³/mol. The zero-order chi connectivity index (χ0) is 13.0. The van der Waals surface area contributed by atoms with Gasteiger partial charge in [-0.3, -0.25) is 0 Å². The zero-order valence-electron chi connectivity index (χ0n) is 10.4. The van der Waals surface area contributed by atoms with Crippen LogP contribution in [-0.2, 0) is 0 Å². The summed E-state index contributed by atoms with van der Waals surface area (Å²) in [4.78, 5) is 8.71. The van der Waals surface area contributed by atoms with Gasteiger partial charge in [0.2, 0.25) is 0 Å². The zero-order valence-corrected chi connectivity index (χ0v) is 12.5. The number of nitrogens with one attached hydrogen (secondary N) is 2. The van der Waals surface area contributed by atoms with E-state index in [9.17, 15) is 0 Å². The molecule has 18 heavy (non-hydrogen) atoms. The molecule has 1 heterocycles. The van der Waals surface area contributed by atoms with Crippen LogP contribution in [-0.4, -0.2) is 16.5 Å². The summed E-state index contributed by atoms with van der Waals surface area (Å²) in [7, 11) is 0. The Bertz CT molecular complexity index is 542. The molecular formula is C13H15IN4. The number of aryl methyl sites for hydroxylation is 1. The van der Waals surface area contributed by atoms with Crippen molar-refractivity contribution in [3.8, 4) is 0 Å². The second-order valence-electron chi connectivity index (χ2n) is 3.82. The van der Waals surface area contributed by atoms with Crippen molar-refractivity contribution < 1.29 is 0 Å². The van der Waals surface area contributed by atoms with Crippen LogP contribution in [0, 0.1) is 10.5 Å². The number of halogens is 1. The lowest BCUT2D eigenvalue weighted by molar-refractivity contribution is 1.04. The number of hydrogen-bond acceptors (Lipinski definition) is 4. The first-order chi connectivity index (χ1) is 8.69. The molecule has 0 bridgehead atoms. The maximum atomic E-state index is 4.39. The number of nitrogens with zero attached hydrogens (tertiary/aromatic N) is 2. The van der Waals surface area contributed by atoms with Crippen LogP contribution in [0.5, 0.6) is 0 Å². The molecule has 0 saturated heterocycles. The fourth-order valence-corrected chi connectivity index (χ4v) is 2.13. The third kappa shape index (κ3) is 3.32. The van der Waals surface area contributed by atoms with Crippen LogP contribution in [0.4, 0.5) is 17.3 Å². The highest BCUT2D eigenvalue weighted by atomic mass is 127. The van der Waals surface area contributed by atoms with E-state index >= 15 is 0 Å². The first-order valence-corrected chi connectivity index (χ1v) is 6.88. The van der Waals surface area contributed by atoms with E-state index in [0.29, 0.717) is 0 Å². The summed E-state index contributed by atoms with van der Waals surface area (Å²) in [5, 5.41) is 6.51. The van der Waals surface area contributed by atoms with Crippen molar-refractivity contribution in [3.63, 3.8) is 0 Å². The van der Waals surface area contributed by atoms with Crippen LogP contribution in [0.15, 0.2) is 30.3 Å². The van der Waals surface area contributed by atoms with E-state index in [-0.39, 0.29) is 0 Å². The van der Waals surface area contributed by atoms with Crippen molar-refractivity contribution in [2.75, 3.05) is 17.2 Å². The number of para-hydroxylation sites is 1. The summed E-state index contributed by atoms with van der Waals surface area (Å²) in [6.45, 7) is 4.78. The smallest absolute Gasteiger partial charge is 0.136 e. The van der Waals surface area contributed by atoms with Crippen LogP contribution >= 0.6 is 22.6 Å². The molecule has 0 saturated carbocycles. The average molecular weight is 354 g/mol. The number of hydrogen-bond donors (Lipinski definition) is 2. The minimum Gasteiger partial charge on any atom is -0.370 e. The van der Waals surface area contributed by atoms with Gasteiger partial charge >= 0.3 is 0 Å². The van der Waals surface area contributed by atoms with Crippen LogP contribution in [0.25, 0.3) is 0 Å². The summed E-state index contributed by atoms with van der Waals surface area (Å²) in [6.07, 6.45) is 0. The maximum absolute atomic E-state index is 4.39. The highest BCUT2D eigenvalue weighted by molar-refractivity contribution is 14.1. The summed E-state index contributed by atoms with van der Waals surface area (Å²) < 4.78 is 1.16. The average Bonchev–Trinajstić information content (AvgIpc) is 2.32. The molecule has 0 atom stereocenters. The van der Waals surface area contributed by atoms with Gasteiger partial charge in [0.15, 0.2) is 0 Å². The van der Waals surface area contributed by atoms with Crippen molar-refractivity contribution in [3.05, 3.63) is 39.7 Å². The summed E-state index contributed by atoms with van der Waals surface area (Å²) >= 11 is 2.30. The van der Waals surface area contributed by atoms with Gasteiger partial charge in [0.25, 0.3) is 0 Å². The number of rotatable bonds is 4. The molecule has 4 nitrogen and oxygen atoms in total. The van der Waals surface area contributed by atoms with Crippen LogP contribution < -0.4 is 10.6 Å². The Labute approximate surface area is 120 Å². The highest BCUT2D eigenvalue weighted by Crippen LogP contribution is 2.22. The van der Waals surface area contributed by atoms with Gasteiger partial charge in [-0.05, 0) is 48.6 Å². The largest absolute Gasteiger partial charge is 0.370 e. The topological polar surface area (TPSA) is 49.8 Å². The minimum atomic E-state index is 0.752. The molecule has 1 aromatic carbocycles. The van der Waals surface area contributed by atoms with Gasteiger partial charge in [0, 0.05) is 16.2 Å². The number of anilines is 3. The Morgan fingerprint density at radius 1 is 1.17 bits per heavy atom. The molecule has 0 aliphatic carbocycles. The van der Waals surface area contributed by atoms with Gasteiger partial charge in [-0.2, -0.15) is 0 Å². The van der Waals surface area contributed by atoms with E-state index in [1.165, 1.54) is 0 Å². The Balaban J connectivity index is 2.26. The molecular weight excluding hydrogens is 339 g/mol. The van der Waals surface area contributed by atoms with E-state index in [1.807, 2.05) is 38.1 Å². The Morgan fingerprint density at radius 3 is 2.61 bits per heavy atom. The van der Waals surface area contributed by atoms with Crippen molar-refractivity contribution in [2.45, 2.75) is 13.8 Å². The summed E-state index contributed by atoms with van der Waals surface area (Å²) in [5.74, 6) is 2.41. The quantitative estimate of drug-likeness (QED) is 0.825. The van der Waals surface area contributed by atoms with Gasteiger partial charge in [0.1, 0.15) is 17.5 Å². The van der Waals surface area contributed by atoms with Crippen LogP contribution in [0.3, 0.4) is 0 Å². The van der Waals surface area contributed by atoms with Gasteiger partial charge < -0.3 is 10.6 Å². The molecule has 0 unspecified atom stereocenters. The summed E-state index contributed by atoms with van der Waals surface area (Å²) in [5.41, 5.74) is 1.05. The van der Waals surface area contributed by atoms with E-state index in [1.54, 1.807) is 0 Å². The molecule has 94 valence electrons. The van der Waals surface area contributed by atoms with Gasteiger partial charge in [-0.15, -0.1) is 0 Å². The second-order valence-corrected chi connectivity index (χ2v) is 4.98. The first kappa shape index (κ1) is 13.1. The van der Waals surface area contributed by atoms with E-state index in [0.717, 1.165) is 33.3 Å². The van der Waals surface area contributed by atoms with Gasteiger partial charge in [0.05, 0.1) is 5.69 Å². The van der Waals surface area contributed by atoms with Crippen molar-refractivity contribution >= 4 is 39.9 Å². The second kappa shape index (κ2) is 5.99. The van der Waals surface area contributed by atoms with Crippen molar-refractivity contribution in [1.29, 1.82) is 0 Å². The molecule has 0 aliphatic rings. The minimum absolute atomic E-state index is 0.752. The Kier molecular flexibility index (Phi) is 4.35. The monoisotopic (exact) mass is 354 g/mol. The van der Waals surface area contributed by atoms with Crippen molar-refractivity contribution in [2.24, 2.45) is 0 Å². The third-order valence-corrected chi connectivity index (χ3v) is 3.27. The molecule has 2 aromatic rings. The maximum Gasteiger partial charge on any atom is 0.136 e. The van der Waals surface area contributed by atoms with Crippen LogP contribution in [0.1, 0.15) is 12.7 Å². The van der Waals surface area contributed by atoms with E-state index in [2.05, 4.69) is 49.3 Å². The van der Waals surface area contributed by atoms with Gasteiger partial charge in [-0.25, -0.2) is 9.97 Å². The number of aromatic nitrogens is 2. The fraction of sp³-hybridized carbons (Fsp3) is 0.231. The normalized spacial score (nSPS) is 10.2. The molecule has 2 rings (SSSR count). The third-order valence-electron chi connectivity index (χ3n) is 2.33. The lowest BCUT2D eigenvalue weighted by Crippen LogP contribution is -2.04. The fourth-order valence-electron chi connectivity index (χ4n) is 1.60. The molecule has 0 amide bonds. The van der Waals surface area contributed by atoms with E-state index < -0.39 is 0 Å². The Hall–Kier alpha value is -1.37. The standard InChI is InChI=1S/C13H15IN4/c1-3-15-12-8-13(17-9(2)16-12)18-11-7-5-4-6-10(11)14/h4-8H,3H2,1-2H3,(H2,15,16,17,18). The summed E-state index contributed by atoms with van der Waals surface area (Å²) in [6, 6.07) is 10.0. The molecule has 0 radical (unpaired) electrons. The predicted octanol–water partition coefficient (Wildman–Crippen LogP) is 3.57. The SMILES string of the molecule is CCNc1cc(Nc2ccccc2I)nc(C)n1. The van der Waals surface area contributed by atoms with E-state index in [4.69, 9.17) is 0 Å². The first-order valence-electron chi connectivity index (χ1n) is 5.80. The highest BCUT2D eigenvalue weighted by Gasteiger charge is 2.03. The molecule has 1 aromatic heterocycles. The number of benzene rings is 1. The van der Waals surface area contributed by atoms with Crippen LogP contribution in [0.2, 0.25) is 0 Å². The molecule has 0 spiro atoms. The van der Waals surface area contributed by atoms with Gasteiger partial charge in [-0.1, -0.05) is 12.1 Å². The lowest BCUT2D eigenvalue weighted by atomic mass is 10.3. The van der Waals surface area contributed by atoms with Crippen molar-refractivity contribution in [1.82, 2.24) is 9.97 Å². The Morgan fingerprint density at radius 2 is 1.89 bits per heavy atom. The molecule has 5 heteroatoms. The molecule has 0 aliphatic heterocycles.